The van der Waals surface area contributed by atoms with E-state index in [9.17, 15) is 9.59 Å². The number of hydrogen-bond acceptors (Lipinski definition) is 7. The number of hydrogen-bond donors (Lipinski definition) is 1. The maximum absolute atomic E-state index is 15.2. The number of likely N-dealkylation sites (N-methyl/N-ethyl adjacent to an activating group) is 1. The molecule has 1 saturated heterocycles. The Morgan fingerprint density at radius 3 is 2.35 bits per heavy atom. The van der Waals surface area contributed by atoms with Crippen LogP contribution in [0.2, 0.25) is 25.7 Å². The maximum atomic E-state index is 15.2. The molecule has 0 unspecified atom stereocenters. The van der Waals surface area contributed by atoms with Crippen molar-refractivity contribution >= 4 is 42.5 Å². The van der Waals surface area contributed by atoms with Crippen molar-refractivity contribution in [3.63, 3.8) is 0 Å². The number of aldehydes is 1. The Labute approximate surface area is 250 Å². The SMILES string of the molecule is CN1CCN(c2ccc(NC(=O)c3nn(COCC[Si](C)(C)C)c4cncc(-c5c(F)cc(C=O)cc5F)c34)cc2)CC1. The van der Waals surface area contributed by atoms with E-state index in [0.717, 1.165) is 50.0 Å². The summed E-state index contributed by atoms with van der Waals surface area (Å²) in [7, 11) is 0.761. The van der Waals surface area contributed by atoms with Gasteiger partial charge in [-0.2, -0.15) is 5.10 Å². The molecule has 2 aromatic heterocycles. The highest BCUT2D eigenvalue weighted by atomic mass is 28.3. The number of fused-ring (bicyclic) bond motifs is 1. The molecule has 0 radical (unpaired) electrons. The lowest BCUT2D eigenvalue weighted by atomic mass is 9.99. The molecule has 3 heterocycles. The highest BCUT2D eigenvalue weighted by molar-refractivity contribution is 6.76. The summed E-state index contributed by atoms with van der Waals surface area (Å²) >= 11 is 0. The molecule has 226 valence electrons. The minimum absolute atomic E-state index is 0.0254. The van der Waals surface area contributed by atoms with Gasteiger partial charge in [-0.05, 0) is 49.5 Å². The number of amides is 1. The normalized spacial score (nSPS) is 14.3. The highest BCUT2D eigenvalue weighted by Crippen LogP contribution is 2.35. The number of benzene rings is 2. The van der Waals surface area contributed by atoms with Gasteiger partial charge in [-0.15, -0.1) is 0 Å². The first-order valence-electron chi connectivity index (χ1n) is 14.3. The van der Waals surface area contributed by atoms with Crippen molar-refractivity contribution in [2.24, 2.45) is 0 Å². The molecule has 1 fully saturated rings. The second-order valence-corrected chi connectivity index (χ2v) is 17.7. The number of anilines is 2. The molecular weight excluding hydrogens is 570 g/mol. The molecular formula is C31H36F2N6O3Si. The predicted octanol–water partition coefficient (Wildman–Crippen LogP) is 5.51. The molecule has 12 heteroatoms. The van der Waals surface area contributed by atoms with Crippen molar-refractivity contribution in [2.45, 2.75) is 32.4 Å². The molecule has 1 N–H and O–H groups in total. The summed E-state index contributed by atoms with van der Waals surface area (Å²) in [6, 6.07) is 10.4. The van der Waals surface area contributed by atoms with Gasteiger partial charge >= 0.3 is 0 Å². The third kappa shape index (κ3) is 6.98. The fraction of sp³-hybridized carbons (Fsp3) is 0.355. The second-order valence-electron chi connectivity index (χ2n) is 12.0. The van der Waals surface area contributed by atoms with Gasteiger partial charge in [-0.3, -0.25) is 14.6 Å². The van der Waals surface area contributed by atoms with Crippen molar-refractivity contribution < 1.29 is 23.1 Å². The molecule has 4 aromatic rings. The maximum Gasteiger partial charge on any atom is 0.276 e. The van der Waals surface area contributed by atoms with Crippen LogP contribution in [0.3, 0.4) is 0 Å². The molecule has 0 aliphatic carbocycles. The molecule has 5 rings (SSSR count). The lowest BCUT2D eigenvalue weighted by Crippen LogP contribution is -2.44. The minimum Gasteiger partial charge on any atom is -0.369 e. The van der Waals surface area contributed by atoms with Gasteiger partial charge in [0.15, 0.2) is 5.69 Å². The summed E-state index contributed by atoms with van der Waals surface area (Å²) in [5.74, 6) is -2.43. The first kappa shape index (κ1) is 30.5. The number of pyridine rings is 1. The van der Waals surface area contributed by atoms with Crippen LogP contribution in [0.5, 0.6) is 0 Å². The topological polar surface area (TPSA) is 92.6 Å². The molecule has 0 atom stereocenters. The van der Waals surface area contributed by atoms with Crippen LogP contribution in [-0.2, 0) is 11.5 Å². The summed E-state index contributed by atoms with van der Waals surface area (Å²) in [6.45, 7) is 11.1. The van der Waals surface area contributed by atoms with Crippen molar-refractivity contribution in [1.29, 1.82) is 0 Å². The van der Waals surface area contributed by atoms with Gasteiger partial charge in [0.1, 0.15) is 24.7 Å². The van der Waals surface area contributed by atoms with Crippen molar-refractivity contribution in [2.75, 3.05) is 50.1 Å². The molecule has 1 amide bonds. The molecule has 9 nitrogen and oxygen atoms in total. The molecule has 1 aliphatic heterocycles. The van der Waals surface area contributed by atoms with Gasteiger partial charge in [-0.25, -0.2) is 13.5 Å². The quantitative estimate of drug-likeness (QED) is 0.145. The molecule has 1 aliphatic rings. The number of aromatic nitrogens is 3. The Bertz CT molecular complexity index is 1610. The number of piperazine rings is 1. The van der Waals surface area contributed by atoms with E-state index >= 15 is 8.78 Å². The zero-order valence-corrected chi connectivity index (χ0v) is 25.9. The van der Waals surface area contributed by atoms with Gasteiger partial charge in [0, 0.05) is 74.9 Å². The number of carbonyl (C=O) groups is 2. The predicted molar refractivity (Wildman–Crippen MR) is 166 cm³/mol. The van der Waals surface area contributed by atoms with Crippen LogP contribution < -0.4 is 10.2 Å². The molecule has 43 heavy (non-hydrogen) atoms. The zero-order chi connectivity index (χ0) is 30.7. The summed E-state index contributed by atoms with van der Waals surface area (Å²) in [4.78, 5) is 33.6. The number of nitrogens with one attached hydrogen (secondary N) is 1. The fourth-order valence-electron chi connectivity index (χ4n) is 5.02. The Morgan fingerprint density at radius 1 is 1.05 bits per heavy atom. The standard InChI is InChI=1S/C31H36F2N6O3Si/c1-37-9-11-38(12-10-37)23-7-5-22(6-8-23)35-31(41)30-29-24(28-25(32)15-21(19-40)16-26(28)33)17-34-18-27(29)39(36-30)20-42-13-14-43(2,3)4/h5-8,15-19H,9-14,20H2,1-4H3,(H,35,41). The van der Waals surface area contributed by atoms with E-state index in [-0.39, 0.29) is 28.9 Å². The van der Waals surface area contributed by atoms with E-state index in [2.05, 4.69) is 51.9 Å². The number of halogens is 2. The second kappa shape index (κ2) is 12.7. The zero-order valence-electron chi connectivity index (χ0n) is 24.9. The van der Waals surface area contributed by atoms with Crippen LogP contribution >= 0.6 is 0 Å². The average molecular weight is 607 g/mol. The number of nitrogens with zero attached hydrogens (tertiary/aromatic N) is 5. The Morgan fingerprint density at radius 2 is 1.72 bits per heavy atom. The molecule has 2 aromatic carbocycles. The van der Waals surface area contributed by atoms with E-state index in [1.165, 1.54) is 17.1 Å². The van der Waals surface area contributed by atoms with E-state index in [0.29, 0.717) is 24.1 Å². The number of rotatable bonds is 10. The summed E-state index contributed by atoms with van der Waals surface area (Å²) < 4.78 is 37.8. The van der Waals surface area contributed by atoms with Crippen LogP contribution in [-0.4, -0.2) is 79.8 Å². The minimum atomic E-state index is -1.34. The van der Waals surface area contributed by atoms with Gasteiger partial charge < -0.3 is 19.9 Å². The summed E-state index contributed by atoms with van der Waals surface area (Å²) in [6.07, 6.45) is 3.16. The van der Waals surface area contributed by atoms with Crippen LogP contribution in [0.4, 0.5) is 20.2 Å². The Balaban J connectivity index is 1.49. The van der Waals surface area contributed by atoms with E-state index in [4.69, 9.17) is 4.74 Å². The average Bonchev–Trinajstić information content (AvgIpc) is 3.35. The molecule has 0 bridgehead atoms. The van der Waals surface area contributed by atoms with Crippen LogP contribution in [0, 0.1) is 11.6 Å². The van der Waals surface area contributed by atoms with E-state index in [1.54, 1.807) is 0 Å². The smallest absolute Gasteiger partial charge is 0.276 e. The number of carbonyl (C=O) groups excluding carboxylic acids is 2. The van der Waals surface area contributed by atoms with Crippen molar-refractivity contribution in [3.05, 3.63) is 71.7 Å². The number of ether oxygens (including phenoxy) is 1. The monoisotopic (exact) mass is 606 g/mol. The lowest BCUT2D eigenvalue weighted by molar-refractivity contribution is 0.0809. The Hall–Kier alpha value is -4.00. The lowest BCUT2D eigenvalue weighted by Gasteiger charge is -2.34. The fourth-order valence-corrected chi connectivity index (χ4v) is 5.78. The van der Waals surface area contributed by atoms with Gasteiger partial charge in [-0.1, -0.05) is 19.6 Å². The first-order chi connectivity index (χ1) is 20.5. The van der Waals surface area contributed by atoms with Crippen LogP contribution in [0.1, 0.15) is 20.8 Å². The molecule has 0 saturated carbocycles. The van der Waals surface area contributed by atoms with E-state index in [1.807, 2.05) is 24.3 Å². The van der Waals surface area contributed by atoms with Crippen molar-refractivity contribution in [3.8, 4) is 11.1 Å². The largest absolute Gasteiger partial charge is 0.369 e. The van der Waals surface area contributed by atoms with E-state index < -0.39 is 31.2 Å². The first-order valence-corrected chi connectivity index (χ1v) is 18.0. The Kier molecular flexibility index (Phi) is 8.99. The third-order valence-corrected chi connectivity index (χ3v) is 9.25. The summed E-state index contributed by atoms with van der Waals surface area (Å²) in [5.41, 5.74) is 1.50. The van der Waals surface area contributed by atoms with Crippen LogP contribution in [0.25, 0.3) is 22.0 Å². The van der Waals surface area contributed by atoms with Gasteiger partial charge in [0.05, 0.1) is 17.3 Å². The molecule has 0 spiro atoms. The highest BCUT2D eigenvalue weighted by Gasteiger charge is 2.25. The summed E-state index contributed by atoms with van der Waals surface area (Å²) in [5, 5.41) is 7.65. The third-order valence-electron chi connectivity index (χ3n) is 7.55. The van der Waals surface area contributed by atoms with Gasteiger partial charge in [0.2, 0.25) is 0 Å². The van der Waals surface area contributed by atoms with Crippen LogP contribution in [0.15, 0.2) is 48.8 Å². The van der Waals surface area contributed by atoms with Crippen molar-refractivity contribution in [1.82, 2.24) is 19.7 Å². The van der Waals surface area contributed by atoms with Gasteiger partial charge in [0.25, 0.3) is 5.91 Å².